The summed E-state index contributed by atoms with van der Waals surface area (Å²) in [5.74, 6) is 0.332. The number of benzene rings is 1. The summed E-state index contributed by atoms with van der Waals surface area (Å²) in [6, 6.07) is 10.1. The molecule has 3 fully saturated rings. The lowest BCUT2D eigenvalue weighted by Crippen LogP contribution is -2.47. The zero-order valence-electron chi connectivity index (χ0n) is 17.1. The molecular weight excluding hydrogens is 368 g/mol. The van der Waals surface area contributed by atoms with E-state index in [-0.39, 0.29) is 17.4 Å². The fourth-order valence-electron chi connectivity index (χ4n) is 4.87. The quantitative estimate of drug-likeness (QED) is 0.825. The first-order valence-electron chi connectivity index (χ1n) is 10.4. The molecule has 7 heteroatoms. The Labute approximate surface area is 170 Å². The maximum absolute atomic E-state index is 13.2. The number of nitrogens with zero attached hydrogens (tertiary/aromatic N) is 3. The molecule has 2 aliphatic heterocycles. The van der Waals surface area contributed by atoms with Crippen LogP contribution >= 0.6 is 0 Å². The molecule has 3 heterocycles. The van der Waals surface area contributed by atoms with E-state index in [0.717, 1.165) is 36.3 Å². The highest BCUT2D eigenvalue weighted by Gasteiger charge is 2.56. The molecule has 1 N–H and O–H groups in total. The molecule has 154 valence electrons. The summed E-state index contributed by atoms with van der Waals surface area (Å²) in [6.07, 6.45) is 2.17. The molecule has 2 saturated heterocycles. The molecule has 3 aliphatic rings. The van der Waals surface area contributed by atoms with Crippen molar-refractivity contribution in [2.75, 3.05) is 26.3 Å². The van der Waals surface area contributed by atoms with Gasteiger partial charge in [0.2, 0.25) is 5.91 Å². The monoisotopic (exact) mass is 396 g/mol. The van der Waals surface area contributed by atoms with Crippen LogP contribution in [-0.4, -0.2) is 52.5 Å². The molecule has 1 aliphatic carbocycles. The van der Waals surface area contributed by atoms with Gasteiger partial charge in [-0.1, -0.05) is 18.2 Å². The Morgan fingerprint density at radius 2 is 2.03 bits per heavy atom. The molecular formula is C22H28N4O3. The van der Waals surface area contributed by atoms with Gasteiger partial charge in [0.15, 0.2) is 0 Å². The van der Waals surface area contributed by atoms with Crippen molar-refractivity contribution in [2.24, 2.45) is 18.4 Å². The van der Waals surface area contributed by atoms with E-state index in [1.165, 1.54) is 0 Å². The molecule has 5 rings (SSSR count). The molecule has 2 atom stereocenters. The van der Waals surface area contributed by atoms with E-state index in [2.05, 4.69) is 10.2 Å². The van der Waals surface area contributed by atoms with Gasteiger partial charge in [-0.3, -0.25) is 19.2 Å². The van der Waals surface area contributed by atoms with Crippen LogP contribution in [0.2, 0.25) is 0 Å². The summed E-state index contributed by atoms with van der Waals surface area (Å²) in [5, 5.41) is 3.18. The summed E-state index contributed by atoms with van der Waals surface area (Å²) < 4.78 is 9.35. The molecule has 29 heavy (non-hydrogen) atoms. The number of carbonyl (C=O) groups is 1. The third-order valence-corrected chi connectivity index (χ3v) is 6.86. The van der Waals surface area contributed by atoms with Crippen molar-refractivity contribution in [1.82, 2.24) is 19.6 Å². The molecule has 1 aromatic carbocycles. The lowest BCUT2D eigenvalue weighted by Gasteiger charge is -2.26. The second-order valence-corrected chi connectivity index (χ2v) is 8.83. The smallest absolute Gasteiger partial charge is 0.276 e. The normalized spacial score (nSPS) is 26.6. The van der Waals surface area contributed by atoms with Gasteiger partial charge in [-0.15, -0.1) is 0 Å². The lowest BCUT2D eigenvalue weighted by atomic mass is 9.80. The first-order valence-corrected chi connectivity index (χ1v) is 10.4. The minimum absolute atomic E-state index is 0.0148. The number of carbonyl (C=O) groups excluding carboxylic acids is 1. The number of amides is 1. The molecule has 2 aromatic rings. The molecule has 1 aromatic heterocycles. The Kier molecular flexibility index (Phi) is 4.40. The SMILES string of the molecule is Cc1c(CN2C[C@H]3COC[C@@]3(C(=O)NC3CC3)C2)c(=O)n(-c2ccccc2)n1C. The third-order valence-electron chi connectivity index (χ3n) is 6.86. The first-order chi connectivity index (χ1) is 14.0. The maximum Gasteiger partial charge on any atom is 0.276 e. The van der Waals surface area contributed by atoms with Crippen LogP contribution < -0.4 is 10.9 Å². The predicted molar refractivity (Wildman–Crippen MR) is 109 cm³/mol. The van der Waals surface area contributed by atoms with Crippen LogP contribution in [0.3, 0.4) is 0 Å². The molecule has 7 nitrogen and oxygen atoms in total. The molecule has 1 saturated carbocycles. The molecule has 0 unspecified atom stereocenters. The van der Waals surface area contributed by atoms with Crippen LogP contribution in [0.5, 0.6) is 0 Å². The van der Waals surface area contributed by atoms with Crippen molar-refractivity contribution in [1.29, 1.82) is 0 Å². The van der Waals surface area contributed by atoms with E-state index in [1.807, 2.05) is 49.0 Å². The van der Waals surface area contributed by atoms with E-state index < -0.39 is 5.41 Å². The zero-order valence-corrected chi connectivity index (χ0v) is 17.1. The molecule has 1 amide bonds. The number of hydrogen-bond donors (Lipinski definition) is 1. The Morgan fingerprint density at radius 3 is 2.76 bits per heavy atom. The number of nitrogens with one attached hydrogen (secondary N) is 1. The number of aromatic nitrogens is 2. The van der Waals surface area contributed by atoms with Crippen LogP contribution in [0, 0.1) is 18.3 Å². The Bertz CT molecular complexity index is 991. The largest absolute Gasteiger partial charge is 0.380 e. The van der Waals surface area contributed by atoms with Gasteiger partial charge in [0.1, 0.15) is 0 Å². The number of ether oxygens (including phenoxy) is 1. The highest BCUT2D eigenvalue weighted by Crippen LogP contribution is 2.42. The van der Waals surface area contributed by atoms with Gasteiger partial charge in [-0.05, 0) is 31.9 Å². The van der Waals surface area contributed by atoms with Crippen molar-refractivity contribution in [2.45, 2.75) is 32.4 Å². The summed E-state index contributed by atoms with van der Waals surface area (Å²) in [7, 11) is 1.92. The first kappa shape index (κ1) is 18.6. The molecule has 0 spiro atoms. The van der Waals surface area contributed by atoms with Crippen LogP contribution in [0.15, 0.2) is 35.1 Å². The van der Waals surface area contributed by atoms with Crippen molar-refractivity contribution < 1.29 is 9.53 Å². The average molecular weight is 396 g/mol. The van der Waals surface area contributed by atoms with Gasteiger partial charge in [0, 0.05) is 44.3 Å². The van der Waals surface area contributed by atoms with Crippen molar-refractivity contribution in [3.05, 3.63) is 51.9 Å². The van der Waals surface area contributed by atoms with Gasteiger partial charge in [-0.2, -0.15) is 0 Å². The summed E-state index contributed by atoms with van der Waals surface area (Å²) >= 11 is 0. The van der Waals surface area contributed by atoms with E-state index >= 15 is 0 Å². The standard InChI is InChI=1S/C22H28N4O3/c1-15-19(20(27)26(24(15)2)18-6-4-3-5-7-18)11-25-10-16-12-29-14-22(16,13-25)21(28)23-17-8-9-17/h3-7,16-17H,8-14H2,1-2H3,(H,23,28)/t16-,22-/m0/s1. The van der Waals surface area contributed by atoms with E-state index in [4.69, 9.17) is 4.74 Å². The Balaban J connectivity index is 1.40. The van der Waals surface area contributed by atoms with Crippen LogP contribution in [0.4, 0.5) is 0 Å². The van der Waals surface area contributed by atoms with Gasteiger partial charge in [-0.25, -0.2) is 4.68 Å². The van der Waals surface area contributed by atoms with Crippen LogP contribution in [0.1, 0.15) is 24.1 Å². The van der Waals surface area contributed by atoms with E-state index in [9.17, 15) is 9.59 Å². The highest BCUT2D eigenvalue weighted by atomic mass is 16.5. The maximum atomic E-state index is 13.2. The third kappa shape index (κ3) is 3.04. The van der Waals surface area contributed by atoms with Crippen LogP contribution in [0.25, 0.3) is 5.69 Å². The second kappa shape index (κ2) is 6.85. The predicted octanol–water partition coefficient (Wildman–Crippen LogP) is 1.21. The summed E-state index contributed by atoms with van der Waals surface area (Å²) in [5.41, 5.74) is 2.17. The Morgan fingerprint density at radius 1 is 1.28 bits per heavy atom. The van der Waals surface area contributed by atoms with Gasteiger partial charge < -0.3 is 10.1 Å². The number of fused-ring (bicyclic) bond motifs is 1. The topological polar surface area (TPSA) is 68.5 Å². The van der Waals surface area contributed by atoms with E-state index in [0.29, 0.717) is 32.3 Å². The summed E-state index contributed by atoms with van der Waals surface area (Å²) in [6.45, 7) is 5.09. The highest BCUT2D eigenvalue weighted by molar-refractivity contribution is 5.84. The number of rotatable bonds is 5. The average Bonchev–Trinajstić information content (AvgIpc) is 3.26. The molecule has 0 bridgehead atoms. The second-order valence-electron chi connectivity index (χ2n) is 8.83. The van der Waals surface area contributed by atoms with Crippen LogP contribution in [-0.2, 0) is 23.1 Å². The van der Waals surface area contributed by atoms with E-state index in [1.54, 1.807) is 4.68 Å². The van der Waals surface area contributed by atoms with Gasteiger partial charge in [0.25, 0.3) is 5.56 Å². The number of para-hydroxylation sites is 1. The van der Waals surface area contributed by atoms with Crippen molar-refractivity contribution in [3.63, 3.8) is 0 Å². The fourth-order valence-corrected chi connectivity index (χ4v) is 4.87. The molecule has 0 radical (unpaired) electrons. The van der Waals surface area contributed by atoms with Crippen molar-refractivity contribution in [3.8, 4) is 5.69 Å². The zero-order chi connectivity index (χ0) is 20.2. The van der Waals surface area contributed by atoms with Gasteiger partial charge >= 0.3 is 0 Å². The number of hydrogen-bond acceptors (Lipinski definition) is 4. The minimum atomic E-state index is -0.469. The summed E-state index contributed by atoms with van der Waals surface area (Å²) in [4.78, 5) is 28.5. The number of likely N-dealkylation sites (tertiary alicyclic amines) is 1. The Hall–Kier alpha value is -2.38. The lowest BCUT2D eigenvalue weighted by molar-refractivity contribution is -0.131. The van der Waals surface area contributed by atoms with Gasteiger partial charge in [0.05, 0.1) is 29.9 Å². The van der Waals surface area contributed by atoms with Crippen molar-refractivity contribution >= 4 is 5.91 Å². The fraction of sp³-hybridized carbons (Fsp3) is 0.545. The minimum Gasteiger partial charge on any atom is -0.380 e.